The summed E-state index contributed by atoms with van der Waals surface area (Å²) in [5, 5.41) is 12.2. The lowest BCUT2D eigenvalue weighted by Gasteiger charge is -2.30. The minimum absolute atomic E-state index is 0.0300. The summed E-state index contributed by atoms with van der Waals surface area (Å²) >= 11 is 0. The van der Waals surface area contributed by atoms with Gasteiger partial charge in [-0.05, 0) is 96.4 Å². The third-order valence-corrected chi connectivity index (χ3v) is 7.09. The molecule has 0 unspecified atom stereocenters. The number of halogens is 3. The first-order chi connectivity index (χ1) is 19.9. The Morgan fingerprint density at radius 2 is 1.81 bits per heavy atom. The SMILES string of the molecule is CCCN(CCCCCc1cc(O[C@H]2CC[C@H](Nc3ccc(C#N)c(C(F)(F)F)c3)CC2)ccn1)C(=O)OC(C)(C)C. The number of aryl methyl sites for hydroxylation is 1. The summed E-state index contributed by atoms with van der Waals surface area (Å²) in [4.78, 5) is 18.7. The van der Waals surface area contributed by atoms with Gasteiger partial charge in [0.15, 0.2) is 0 Å². The first-order valence-corrected chi connectivity index (χ1v) is 14.9. The van der Waals surface area contributed by atoms with Crippen molar-refractivity contribution in [3.8, 4) is 11.8 Å². The molecule has 1 N–H and O–H groups in total. The number of nitrogens with zero attached hydrogens (tertiary/aromatic N) is 3. The Morgan fingerprint density at radius 1 is 1.07 bits per heavy atom. The molecule has 0 atom stereocenters. The average Bonchev–Trinajstić information content (AvgIpc) is 2.92. The van der Waals surface area contributed by atoms with Crippen LogP contribution in [0.3, 0.4) is 0 Å². The highest BCUT2D eigenvalue weighted by Crippen LogP contribution is 2.34. The number of pyridine rings is 1. The molecule has 1 amide bonds. The van der Waals surface area contributed by atoms with Gasteiger partial charge in [0.05, 0.1) is 23.3 Å². The molecule has 1 aliphatic rings. The van der Waals surface area contributed by atoms with Crippen molar-refractivity contribution >= 4 is 11.8 Å². The van der Waals surface area contributed by atoms with Gasteiger partial charge >= 0.3 is 12.3 Å². The lowest BCUT2D eigenvalue weighted by Crippen LogP contribution is -2.37. The fourth-order valence-electron chi connectivity index (χ4n) is 5.06. The molecule has 1 heterocycles. The Morgan fingerprint density at radius 3 is 2.45 bits per heavy atom. The summed E-state index contributed by atoms with van der Waals surface area (Å²) < 4.78 is 51.6. The quantitative estimate of drug-likeness (QED) is 0.252. The largest absolute Gasteiger partial charge is 0.490 e. The molecule has 42 heavy (non-hydrogen) atoms. The van der Waals surface area contributed by atoms with E-state index < -0.39 is 17.3 Å². The second-order valence-corrected chi connectivity index (χ2v) is 11.9. The molecule has 230 valence electrons. The summed E-state index contributed by atoms with van der Waals surface area (Å²) in [6, 6.07) is 9.24. The minimum Gasteiger partial charge on any atom is -0.490 e. The molecule has 7 nitrogen and oxygen atoms in total. The molecule has 0 bridgehead atoms. The number of unbranched alkanes of at least 4 members (excludes halogenated alkanes) is 2. The van der Waals surface area contributed by atoms with Gasteiger partial charge in [-0.2, -0.15) is 18.4 Å². The van der Waals surface area contributed by atoms with Gasteiger partial charge in [-0.3, -0.25) is 4.98 Å². The Kier molecular flexibility index (Phi) is 11.9. The number of hydrogen-bond donors (Lipinski definition) is 1. The van der Waals surface area contributed by atoms with Gasteiger partial charge in [-0.25, -0.2) is 4.79 Å². The van der Waals surface area contributed by atoms with E-state index in [1.807, 2.05) is 39.8 Å². The van der Waals surface area contributed by atoms with Crippen molar-refractivity contribution in [1.29, 1.82) is 5.26 Å². The van der Waals surface area contributed by atoms with Crippen molar-refractivity contribution in [3.63, 3.8) is 0 Å². The maximum absolute atomic E-state index is 13.3. The fourth-order valence-corrected chi connectivity index (χ4v) is 5.06. The first kappa shape index (κ1) is 33.0. The van der Waals surface area contributed by atoms with E-state index in [4.69, 9.17) is 14.7 Å². The number of amides is 1. The lowest BCUT2D eigenvalue weighted by molar-refractivity contribution is -0.137. The predicted molar refractivity (Wildman–Crippen MR) is 156 cm³/mol. The maximum atomic E-state index is 13.3. The van der Waals surface area contributed by atoms with Crippen molar-refractivity contribution in [2.75, 3.05) is 18.4 Å². The Hall–Kier alpha value is -3.48. The van der Waals surface area contributed by atoms with Crippen molar-refractivity contribution in [2.45, 2.75) is 109 Å². The van der Waals surface area contributed by atoms with E-state index in [2.05, 4.69) is 10.3 Å². The number of ether oxygens (including phenoxy) is 2. The second-order valence-electron chi connectivity index (χ2n) is 11.9. The molecule has 0 saturated heterocycles. The molecule has 1 aromatic heterocycles. The third kappa shape index (κ3) is 10.7. The molecule has 1 aliphatic carbocycles. The van der Waals surface area contributed by atoms with Crippen LogP contribution in [0.15, 0.2) is 36.5 Å². The Balaban J connectivity index is 1.41. The zero-order valence-electron chi connectivity index (χ0n) is 25.1. The molecule has 1 saturated carbocycles. The highest BCUT2D eigenvalue weighted by atomic mass is 19.4. The summed E-state index contributed by atoms with van der Waals surface area (Å²) in [6.45, 7) is 9.03. The molecule has 2 aromatic rings. The average molecular weight is 589 g/mol. The van der Waals surface area contributed by atoms with Crippen LogP contribution in [0.25, 0.3) is 0 Å². The number of aromatic nitrogens is 1. The number of rotatable bonds is 12. The monoisotopic (exact) mass is 588 g/mol. The normalized spacial score (nSPS) is 17.3. The molecular formula is C32H43F3N4O3. The van der Waals surface area contributed by atoms with Gasteiger partial charge in [0, 0.05) is 42.8 Å². The summed E-state index contributed by atoms with van der Waals surface area (Å²) in [5.74, 6) is 0.775. The highest BCUT2D eigenvalue weighted by Gasteiger charge is 2.34. The van der Waals surface area contributed by atoms with Gasteiger partial charge in [0.25, 0.3) is 0 Å². The van der Waals surface area contributed by atoms with Crippen LogP contribution in [0.1, 0.15) is 95.9 Å². The van der Waals surface area contributed by atoms with Gasteiger partial charge < -0.3 is 19.7 Å². The van der Waals surface area contributed by atoms with Crippen LogP contribution in [-0.2, 0) is 17.3 Å². The van der Waals surface area contributed by atoms with Crippen LogP contribution in [0.4, 0.5) is 23.7 Å². The number of hydrogen-bond acceptors (Lipinski definition) is 6. The van der Waals surface area contributed by atoms with Crippen molar-refractivity contribution in [1.82, 2.24) is 9.88 Å². The predicted octanol–water partition coefficient (Wildman–Crippen LogP) is 8.13. The van der Waals surface area contributed by atoms with Crippen molar-refractivity contribution in [3.05, 3.63) is 53.3 Å². The zero-order valence-corrected chi connectivity index (χ0v) is 25.1. The molecule has 10 heteroatoms. The molecule has 1 fully saturated rings. The molecular weight excluding hydrogens is 545 g/mol. The van der Waals surface area contributed by atoms with E-state index >= 15 is 0 Å². The number of carbonyl (C=O) groups is 1. The van der Waals surface area contributed by atoms with Crippen molar-refractivity contribution in [2.24, 2.45) is 0 Å². The van der Waals surface area contributed by atoms with Gasteiger partial charge in [0.1, 0.15) is 11.4 Å². The molecule has 1 aromatic carbocycles. The number of anilines is 1. The fraction of sp³-hybridized carbons (Fsp3) is 0.594. The van der Waals surface area contributed by atoms with Gasteiger partial charge in [-0.1, -0.05) is 13.3 Å². The van der Waals surface area contributed by atoms with E-state index in [0.29, 0.717) is 18.8 Å². The maximum Gasteiger partial charge on any atom is 0.417 e. The molecule has 3 rings (SSSR count). The van der Waals surface area contributed by atoms with Crippen LogP contribution < -0.4 is 10.1 Å². The standard InChI is InChI=1S/C32H43F3N4O3/c1-5-18-39(30(40)42-31(2,3)4)19-8-6-7-9-25-20-28(16-17-37-25)41-27-14-12-24(13-15-27)38-26-11-10-23(22-36)29(21-26)32(33,34)35/h10-11,16-17,20-21,24,27,38H,5-9,12-15,18-19H2,1-4H3/t24-,27-. The van der Waals surface area contributed by atoms with E-state index in [0.717, 1.165) is 75.3 Å². The third-order valence-electron chi connectivity index (χ3n) is 7.09. The van der Waals surface area contributed by atoms with E-state index in [1.165, 1.54) is 12.1 Å². The number of alkyl halides is 3. The van der Waals surface area contributed by atoms with Gasteiger partial charge in [-0.15, -0.1) is 0 Å². The number of nitrogens with one attached hydrogen (secondary N) is 1. The molecule has 0 aliphatic heterocycles. The highest BCUT2D eigenvalue weighted by molar-refractivity contribution is 5.68. The molecule has 0 spiro atoms. The smallest absolute Gasteiger partial charge is 0.417 e. The van der Waals surface area contributed by atoms with Crippen LogP contribution in [-0.4, -0.2) is 46.8 Å². The van der Waals surface area contributed by atoms with E-state index in [9.17, 15) is 18.0 Å². The number of benzene rings is 1. The topological polar surface area (TPSA) is 87.5 Å². The van der Waals surface area contributed by atoms with Crippen LogP contribution in [0.5, 0.6) is 5.75 Å². The summed E-state index contributed by atoms with van der Waals surface area (Å²) in [5.41, 5.74) is -0.471. The molecule has 0 radical (unpaired) electrons. The first-order valence-electron chi connectivity index (χ1n) is 14.9. The van der Waals surface area contributed by atoms with E-state index in [-0.39, 0.29) is 23.8 Å². The van der Waals surface area contributed by atoms with Crippen molar-refractivity contribution < 1.29 is 27.4 Å². The van der Waals surface area contributed by atoms with Crippen LogP contribution in [0, 0.1) is 11.3 Å². The van der Waals surface area contributed by atoms with E-state index in [1.54, 1.807) is 17.2 Å². The summed E-state index contributed by atoms with van der Waals surface area (Å²) in [7, 11) is 0. The summed E-state index contributed by atoms with van der Waals surface area (Å²) in [6.07, 6.45) is 4.57. The number of nitriles is 1. The zero-order chi connectivity index (χ0) is 30.8. The number of carbonyl (C=O) groups excluding carboxylic acids is 1. The van der Waals surface area contributed by atoms with Gasteiger partial charge in [0.2, 0.25) is 0 Å². The van der Waals surface area contributed by atoms with Crippen LogP contribution in [0.2, 0.25) is 0 Å². The van der Waals surface area contributed by atoms with Crippen LogP contribution >= 0.6 is 0 Å². The Labute approximate surface area is 247 Å². The second kappa shape index (κ2) is 15.1. The Bertz CT molecular complexity index is 1200. The minimum atomic E-state index is -4.57. The lowest BCUT2D eigenvalue weighted by atomic mass is 9.92.